The molecule has 2 aromatic carbocycles. The number of thiol groups is 1. The van der Waals surface area contributed by atoms with Gasteiger partial charge >= 0.3 is 6.18 Å². The molecule has 2 amide bonds. The third-order valence-electron chi connectivity index (χ3n) is 7.48. The van der Waals surface area contributed by atoms with E-state index in [1.54, 1.807) is 6.07 Å². The van der Waals surface area contributed by atoms with Crippen molar-refractivity contribution in [1.29, 1.82) is 0 Å². The number of quaternary nitrogens is 1. The first kappa shape index (κ1) is 34.3. The van der Waals surface area contributed by atoms with Gasteiger partial charge in [0.15, 0.2) is 0 Å². The van der Waals surface area contributed by atoms with Gasteiger partial charge in [0.1, 0.15) is 6.04 Å². The molecule has 0 spiro atoms. The van der Waals surface area contributed by atoms with Crippen molar-refractivity contribution in [2.75, 3.05) is 50.3 Å². The number of nitrogens with two attached hydrogens (primary N) is 3. The average Bonchev–Trinajstić information content (AvgIpc) is 2.97. The maximum absolute atomic E-state index is 13.4. The smallest absolute Gasteiger partial charge is 0.343 e. The molecule has 13 heteroatoms. The largest absolute Gasteiger partial charge is 0.416 e. The number of alkyl halides is 3. The number of fused-ring (bicyclic) bond motifs is 1. The number of aromatic nitrogens is 1. The van der Waals surface area contributed by atoms with Gasteiger partial charge in [-0.2, -0.15) is 25.8 Å². The quantitative estimate of drug-likeness (QED) is 0.107. The summed E-state index contributed by atoms with van der Waals surface area (Å²) in [7, 11) is 0. The zero-order valence-electron chi connectivity index (χ0n) is 24.0. The van der Waals surface area contributed by atoms with Gasteiger partial charge in [-0.05, 0) is 42.7 Å². The number of benzene rings is 2. The second-order valence-corrected chi connectivity index (χ2v) is 11.1. The standard InChI is InChI=1S/C30H40F3N7O2S/c31-30(32,33)23-9-7-21(8-10-23)18-27(29(42)38-24-19-22-4-1-2-6-26(22)37-20-24)39-28(41)25(36)5-3-13-40(14-11-34,15-12-35)16-17-43/h1-2,4,6-10,19-20,25,27H,3,5,11-18,34-36H2,(H2-,38,39,41,42,43)/p+1/t25-,27+/m0/s1. The van der Waals surface area contributed by atoms with Crippen LogP contribution in [0.2, 0.25) is 0 Å². The molecule has 1 heterocycles. The Morgan fingerprint density at radius 3 is 2.26 bits per heavy atom. The fourth-order valence-corrected chi connectivity index (χ4v) is 5.55. The fraction of sp³-hybridized carbons (Fsp3) is 0.433. The van der Waals surface area contributed by atoms with E-state index < -0.39 is 35.6 Å². The fourth-order valence-electron chi connectivity index (χ4n) is 5.13. The molecule has 1 aromatic heterocycles. The van der Waals surface area contributed by atoms with Crippen molar-refractivity contribution in [3.8, 4) is 0 Å². The van der Waals surface area contributed by atoms with Gasteiger partial charge in [-0.25, -0.2) is 0 Å². The Hall–Kier alpha value is -3.23. The predicted octanol–water partition coefficient (Wildman–Crippen LogP) is 2.69. The van der Waals surface area contributed by atoms with Gasteiger partial charge in [-0.15, -0.1) is 0 Å². The monoisotopic (exact) mass is 620 g/mol. The molecule has 43 heavy (non-hydrogen) atoms. The van der Waals surface area contributed by atoms with Crippen LogP contribution in [0.5, 0.6) is 0 Å². The van der Waals surface area contributed by atoms with E-state index in [1.807, 2.05) is 24.3 Å². The summed E-state index contributed by atoms with van der Waals surface area (Å²) in [6, 6.07) is 11.6. The lowest BCUT2D eigenvalue weighted by atomic mass is 10.0. The highest BCUT2D eigenvalue weighted by molar-refractivity contribution is 7.80. The molecule has 0 unspecified atom stereocenters. The van der Waals surface area contributed by atoms with Crippen LogP contribution in [0.15, 0.2) is 60.8 Å². The Morgan fingerprint density at radius 2 is 1.63 bits per heavy atom. The number of carbonyl (C=O) groups excluding carboxylic acids is 2. The molecule has 234 valence electrons. The molecule has 3 rings (SSSR count). The zero-order valence-corrected chi connectivity index (χ0v) is 24.9. The first-order valence-electron chi connectivity index (χ1n) is 14.2. The van der Waals surface area contributed by atoms with E-state index in [9.17, 15) is 22.8 Å². The van der Waals surface area contributed by atoms with Gasteiger partial charge in [0.2, 0.25) is 11.8 Å². The lowest BCUT2D eigenvalue weighted by molar-refractivity contribution is -0.923. The van der Waals surface area contributed by atoms with Crippen molar-refractivity contribution in [2.24, 2.45) is 17.2 Å². The summed E-state index contributed by atoms with van der Waals surface area (Å²) in [5.74, 6) is -0.415. The summed E-state index contributed by atoms with van der Waals surface area (Å²) < 4.78 is 39.9. The number of para-hydroxylation sites is 1. The molecule has 0 saturated carbocycles. The number of hydrogen-bond donors (Lipinski definition) is 6. The van der Waals surface area contributed by atoms with Crippen LogP contribution in [0.1, 0.15) is 24.0 Å². The maximum Gasteiger partial charge on any atom is 0.416 e. The normalized spacial score (nSPS) is 13.5. The van der Waals surface area contributed by atoms with Crippen LogP contribution in [-0.4, -0.2) is 78.4 Å². The van der Waals surface area contributed by atoms with Gasteiger partial charge < -0.3 is 32.3 Å². The van der Waals surface area contributed by atoms with Crippen molar-refractivity contribution in [3.05, 3.63) is 71.9 Å². The van der Waals surface area contributed by atoms with E-state index in [1.165, 1.54) is 18.3 Å². The Kier molecular flexibility index (Phi) is 12.8. The van der Waals surface area contributed by atoms with Crippen molar-refractivity contribution >= 4 is 41.0 Å². The number of anilines is 1. The van der Waals surface area contributed by atoms with Crippen molar-refractivity contribution in [1.82, 2.24) is 10.3 Å². The van der Waals surface area contributed by atoms with E-state index in [0.717, 1.165) is 49.2 Å². The van der Waals surface area contributed by atoms with Gasteiger partial charge in [-0.1, -0.05) is 30.3 Å². The first-order valence-corrected chi connectivity index (χ1v) is 14.9. The van der Waals surface area contributed by atoms with Crippen LogP contribution in [0.3, 0.4) is 0 Å². The molecule has 0 radical (unpaired) electrons. The van der Waals surface area contributed by atoms with E-state index in [-0.39, 0.29) is 6.42 Å². The molecule has 0 saturated heterocycles. The Bertz CT molecular complexity index is 1320. The van der Waals surface area contributed by atoms with E-state index in [4.69, 9.17) is 17.2 Å². The number of pyridine rings is 1. The number of halogens is 3. The average molecular weight is 621 g/mol. The summed E-state index contributed by atoms with van der Waals surface area (Å²) >= 11 is 4.38. The topological polar surface area (TPSA) is 149 Å². The molecule has 0 fully saturated rings. The molecular weight excluding hydrogens is 579 g/mol. The summed E-state index contributed by atoms with van der Waals surface area (Å²) in [5, 5.41) is 6.29. The minimum absolute atomic E-state index is 0.0433. The van der Waals surface area contributed by atoms with Crippen molar-refractivity contribution in [3.63, 3.8) is 0 Å². The summed E-state index contributed by atoms with van der Waals surface area (Å²) in [6.07, 6.45) is -2.05. The Labute approximate surface area is 255 Å². The summed E-state index contributed by atoms with van der Waals surface area (Å²) in [6.45, 7) is 3.97. The van der Waals surface area contributed by atoms with Gasteiger partial charge in [0.25, 0.3) is 0 Å². The lowest BCUT2D eigenvalue weighted by Crippen LogP contribution is -2.55. The maximum atomic E-state index is 13.4. The molecule has 2 atom stereocenters. The van der Waals surface area contributed by atoms with Crippen LogP contribution < -0.4 is 27.8 Å². The lowest BCUT2D eigenvalue weighted by Gasteiger charge is -2.38. The highest BCUT2D eigenvalue weighted by Crippen LogP contribution is 2.29. The molecule has 0 aliphatic carbocycles. The predicted molar refractivity (Wildman–Crippen MR) is 166 cm³/mol. The molecule has 3 aromatic rings. The van der Waals surface area contributed by atoms with Gasteiger partial charge in [0, 0.05) is 30.6 Å². The number of rotatable bonds is 16. The Morgan fingerprint density at radius 1 is 0.953 bits per heavy atom. The number of hydrogen-bond acceptors (Lipinski definition) is 7. The Balaban J connectivity index is 1.73. The second kappa shape index (κ2) is 16.0. The third kappa shape index (κ3) is 10.2. The number of nitrogens with zero attached hydrogens (tertiary/aromatic N) is 2. The molecule has 0 aliphatic heterocycles. The van der Waals surface area contributed by atoms with Crippen LogP contribution in [0.4, 0.5) is 18.9 Å². The van der Waals surface area contributed by atoms with Crippen LogP contribution in [0.25, 0.3) is 10.9 Å². The van der Waals surface area contributed by atoms with E-state index in [0.29, 0.717) is 47.4 Å². The SMILES string of the molecule is NCC[N+](CCN)(CCS)CCC[C@H](N)C(=O)N[C@H](Cc1ccc(C(F)(F)F)cc1)C(=O)Nc1cnc2ccccc2c1. The van der Waals surface area contributed by atoms with Crippen molar-refractivity contribution in [2.45, 2.75) is 37.5 Å². The van der Waals surface area contributed by atoms with Crippen LogP contribution in [-0.2, 0) is 22.2 Å². The van der Waals surface area contributed by atoms with Gasteiger partial charge in [0.05, 0.1) is 55.2 Å². The summed E-state index contributed by atoms with van der Waals surface area (Å²) in [4.78, 5) is 30.9. The van der Waals surface area contributed by atoms with E-state index in [2.05, 4.69) is 28.2 Å². The third-order valence-corrected chi connectivity index (χ3v) is 7.68. The highest BCUT2D eigenvalue weighted by Gasteiger charge is 2.31. The second-order valence-electron chi connectivity index (χ2n) is 10.7. The minimum Gasteiger partial charge on any atom is -0.343 e. The van der Waals surface area contributed by atoms with Crippen LogP contribution in [0, 0.1) is 0 Å². The molecule has 8 N–H and O–H groups in total. The molecule has 0 aliphatic rings. The first-order chi connectivity index (χ1) is 20.5. The zero-order chi connectivity index (χ0) is 31.5. The summed E-state index contributed by atoms with van der Waals surface area (Å²) in [5.41, 5.74) is 18.7. The van der Waals surface area contributed by atoms with E-state index >= 15 is 0 Å². The van der Waals surface area contributed by atoms with Gasteiger partial charge in [-0.3, -0.25) is 14.6 Å². The molecule has 9 nitrogen and oxygen atoms in total. The van der Waals surface area contributed by atoms with Crippen LogP contribution >= 0.6 is 12.6 Å². The number of carbonyl (C=O) groups is 2. The molecule has 0 bridgehead atoms. The molecular formula is C30H41F3N7O2S+. The highest BCUT2D eigenvalue weighted by atomic mass is 32.1. The van der Waals surface area contributed by atoms with Crippen molar-refractivity contribution < 1.29 is 27.2 Å². The minimum atomic E-state index is -4.49. The number of nitrogens with one attached hydrogen (secondary N) is 2. The number of amides is 2.